The number of allylic oxidation sites excluding steroid dienone is 1. The van der Waals surface area contributed by atoms with Crippen molar-refractivity contribution in [3.63, 3.8) is 0 Å². The van der Waals surface area contributed by atoms with Crippen LogP contribution in [0.3, 0.4) is 0 Å². The smallest absolute Gasteiger partial charge is 0.0625 e. The van der Waals surface area contributed by atoms with Gasteiger partial charge in [0.2, 0.25) is 0 Å². The van der Waals surface area contributed by atoms with Crippen LogP contribution in [-0.2, 0) is 0 Å². The van der Waals surface area contributed by atoms with Crippen molar-refractivity contribution in [2.45, 2.75) is 38.5 Å². The molecule has 0 spiro atoms. The first-order valence-corrected chi connectivity index (χ1v) is 5.21. The van der Waals surface area contributed by atoms with Crippen molar-refractivity contribution in [2.75, 3.05) is 13.1 Å². The highest BCUT2D eigenvalue weighted by molar-refractivity contribution is 4.86. The van der Waals surface area contributed by atoms with Gasteiger partial charge < -0.3 is 4.90 Å². The molecule has 1 heterocycles. The van der Waals surface area contributed by atoms with Crippen molar-refractivity contribution in [3.05, 3.63) is 12.3 Å². The lowest BCUT2D eigenvalue weighted by molar-refractivity contribution is 0.390. The first-order valence-electron chi connectivity index (χ1n) is 5.21. The van der Waals surface area contributed by atoms with Gasteiger partial charge in [-0.25, -0.2) is 0 Å². The van der Waals surface area contributed by atoms with E-state index in [-0.39, 0.29) is 0 Å². The minimum absolute atomic E-state index is 0.643. The molecule has 0 aromatic heterocycles. The number of unbranched alkanes of at least 4 members (excludes halogenated alkanes) is 1. The van der Waals surface area contributed by atoms with E-state index in [9.17, 15) is 0 Å². The minimum atomic E-state index is 0.643. The first-order chi connectivity index (χ1) is 6.43. The summed E-state index contributed by atoms with van der Waals surface area (Å²) in [5.74, 6) is 0. The summed E-state index contributed by atoms with van der Waals surface area (Å²) in [6.45, 7) is 2.39. The summed E-state index contributed by atoms with van der Waals surface area (Å²) in [5.41, 5.74) is 0. The molecule has 1 aliphatic heterocycles. The van der Waals surface area contributed by atoms with Crippen LogP contribution in [0.1, 0.15) is 38.5 Å². The predicted octanol–water partition coefficient (Wildman–Crippen LogP) is 2.68. The predicted molar refractivity (Wildman–Crippen MR) is 54.0 cm³/mol. The quantitative estimate of drug-likeness (QED) is 0.621. The summed E-state index contributed by atoms with van der Waals surface area (Å²) in [6, 6.07) is 2.15. The highest BCUT2D eigenvalue weighted by Gasteiger charge is 2.03. The molecule has 0 aromatic rings. The van der Waals surface area contributed by atoms with Crippen LogP contribution in [0, 0.1) is 11.3 Å². The fraction of sp³-hybridized carbons (Fsp3) is 0.727. The molecule has 0 N–H and O–H groups in total. The standard InChI is InChI=1S/C11H18N2/c12-8-4-3-7-11-13-9-5-1-2-6-10-13/h7,11H,1-6,9-10H2. The van der Waals surface area contributed by atoms with E-state index < -0.39 is 0 Å². The van der Waals surface area contributed by atoms with Gasteiger partial charge in [0.1, 0.15) is 0 Å². The van der Waals surface area contributed by atoms with Crippen LogP contribution in [0.5, 0.6) is 0 Å². The summed E-state index contributed by atoms with van der Waals surface area (Å²) in [6.07, 6.45) is 11.2. The Hall–Kier alpha value is -0.970. The van der Waals surface area contributed by atoms with E-state index in [0.29, 0.717) is 6.42 Å². The Morgan fingerprint density at radius 3 is 2.46 bits per heavy atom. The topological polar surface area (TPSA) is 27.0 Å². The molecule has 0 amide bonds. The second kappa shape index (κ2) is 6.54. The number of hydrogen-bond acceptors (Lipinski definition) is 2. The summed E-state index contributed by atoms with van der Waals surface area (Å²) in [4.78, 5) is 2.38. The van der Waals surface area contributed by atoms with Gasteiger partial charge in [-0.05, 0) is 25.5 Å². The fourth-order valence-corrected chi connectivity index (χ4v) is 1.62. The third-order valence-corrected chi connectivity index (χ3v) is 2.38. The maximum absolute atomic E-state index is 8.35. The van der Waals surface area contributed by atoms with Gasteiger partial charge >= 0.3 is 0 Å². The molecule has 0 unspecified atom stereocenters. The Morgan fingerprint density at radius 2 is 1.85 bits per heavy atom. The maximum Gasteiger partial charge on any atom is 0.0625 e. The molecule has 1 saturated heterocycles. The van der Waals surface area contributed by atoms with E-state index in [0.717, 1.165) is 6.42 Å². The van der Waals surface area contributed by atoms with Gasteiger partial charge in [0.25, 0.3) is 0 Å². The van der Waals surface area contributed by atoms with Gasteiger partial charge in [-0.15, -0.1) is 0 Å². The second-order valence-corrected chi connectivity index (χ2v) is 3.53. The summed E-state index contributed by atoms with van der Waals surface area (Å²) < 4.78 is 0. The molecule has 0 aliphatic carbocycles. The molecule has 0 radical (unpaired) electrons. The van der Waals surface area contributed by atoms with Gasteiger partial charge in [-0.2, -0.15) is 5.26 Å². The molecule has 1 rings (SSSR count). The number of nitriles is 1. The lowest BCUT2D eigenvalue weighted by atomic mass is 10.2. The molecule has 0 saturated carbocycles. The van der Waals surface area contributed by atoms with E-state index in [4.69, 9.17) is 5.26 Å². The summed E-state index contributed by atoms with van der Waals surface area (Å²) in [7, 11) is 0. The second-order valence-electron chi connectivity index (χ2n) is 3.53. The Labute approximate surface area is 80.8 Å². The Morgan fingerprint density at radius 1 is 1.15 bits per heavy atom. The molecular formula is C11H18N2. The fourth-order valence-electron chi connectivity index (χ4n) is 1.62. The zero-order valence-electron chi connectivity index (χ0n) is 8.21. The van der Waals surface area contributed by atoms with Gasteiger partial charge in [-0.1, -0.05) is 18.9 Å². The number of likely N-dealkylation sites (tertiary alicyclic amines) is 1. The molecule has 1 aliphatic rings. The monoisotopic (exact) mass is 178 g/mol. The highest BCUT2D eigenvalue weighted by Crippen LogP contribution is 2.09. The summed E-state index contributed by atoms with van der Waals surface area (Å²) in [5, 5.41) is 8.35. The van der Waals surface area contributed by atoms with Crippen molar-refractivity contribution < 1.29 is 0 Å². The normalized spacial score (nSPS) is 18.5. The van der Waals surface area contributed by atoms with E-state index in [1.165, 1.54) is 38.8 Å². The van der Waals surface area contributed by atoms with Crippen LogP contribution in [0.25, 0.3) is 0 Å². The van der Waals surface area contributed by atoms with E-state index in [2.05, 4.69) is 23.2 Å². The van der Waals surface area contributed by atoms with Crippen LogP contribution in [0.2, 0.25) is 0 Å². The Balaban J connectivity index is 2.18. The maximum atomic E-state index is 8.35. The van der Waals surface area contributed by atoms with Crippen LogP contribution in [0.15, 0.2) is 12.3 Å². The number of hydrogen-bond donors (Lipinski definition) is 0. The molecule has 13 heavy (non-hydrogen) atoms. The third-order valence-electron chi connectivity index (χ3n) is 2.38. The Bertz CT molecular complexity index is 183. The van der Waals surface area contributed by atoms with Crippen LogP contribution in [0.4, 0.5) is 0 Å². The molecule has 0 atom stereocenters. The third kappa shape index (κ3) is 4.57. The first kappa shape index (κ1) is 10.1. The molecule has 0 bridgehead atoms. The van der Waals surface area contributed by atoms with Gasteiger partial charge in [0, 0.05) is 19.5 Å². The van der Waals surface area contributed by atoms with Crippen LogP contribution >= 0.6 is 0 Å². The SMILES string of the molecule is N#CCCC=CN1CCCCCC1. The van der Waals surface area contributed by atoms with Gasteiger partial charge in [-0.3, -0.25) is 0 Å². The van der Waals surface area contributed by atoms with Crippen LogP contribution in [-0.4, -0.2) is 18.0 Å². The van der Waals surface area contributed by atoms with Crippen LogP contribution < -0.4 is 0 Å². The average Bonchev–Trinajstić information content (AvgIpc) is 2.41. The van der Waals surface area contributed by atoms with Crippen molar-refractivity contribution in [2.24, 2.45) is 0 Å². The summed E-state index contributed by atoms with van der Waals surface area (Å²) >= 11 is 0. The van der Waals surface area contributed by atoms with Crippen molar-refractivity contribution in [1.29, 1.82) is 5.26 Å². The number of rotatable bonds is 3. The Kier molecular flexibility index (Phi) is 5.08. The largest absolute Gasteiger partial charge is 0.378 e. The van der Waals surface area contributed by atoms with E-state index in [1.807, 2.05) is 0 Å². The van der Waals surface area contributed by atoms with Gasteiger partial charge in [0.05, 0.1) is 6.07 Å². The molecular weight excluding hydrogens is 160 g/mol. The zero-order valence-corrected chi connectivity index (χ0v) is 8.21. The minimum Gasteiger partial charge on any atom is -0.378 e. The zero-order chi connectivity index (χ0) is 9.36. The average molecular weight is 178 g/mol. The van der Waals surface area contributed by atoms with Crippen molar-refractivity contribution in [3.8, 4) is 6.07 Å². The molecule has 2 heteroatoms. The number of nitrogens with zero attached hydrogens (tertiary/aromatic N) is 2. The lowest BCUT2D eigenvalue weighted by Crippen LogP contribution is -2.17. The molecule has 72 valence electrons. The van der Waals surface area contributed by atoms with Crippen molar-refractivity contribution >= 4 is 0 Å². The van der Waals surface area contributed by atoms with E-state index in [1.54, 1.807) is 0 Å². The van der Waals surface area contributed by atoms with Gasteiger partial charge in [0.15, 0.2) is 0 Å². The highest BCUT2D eigenvalue weighted by atomic mass is 15.1. The molecule has 2 nitrogen and oxygen atoms in total. The van der Waals surface area contributed by atoms with E-state index >= 15 is 0 Å². The lowest BCUT2D eigenvalue weighted by Gasteiger charge is -2.16. The van der Waals surface area contributed by atoms with Crippen molar-refractivity contribution in [1.82, 2.24) is 4.90 Å². The molecule has 1 fully saturated rings. The molecule has 0 aromatic carbocycles.